The molecule has 1 aromatic rings. The minimum absolute atomic E-state index is 0.779. The van der Waals surface area contributed by atoms with Gasteiger partial charge in [0, 0.05) is 25.8 Å². The predicted molar refractivity (Wildman–Crippen MR) is 71.3 cm³/mol. The normalized spacial score (nSPS) is 21.0. The van der Waals surface area contributed by atoms with Crippen molar-refractivity contribution in [2.75, 3.05) is 31.5 Å². The van der Waals surface area contributed by atoms with Gasteiger partial charge in [-0.15, -0.1) is 0 Å². The minimum atomic E-state index is 0.779. The van der Waals surface area contributed by atoms with Crippen LogP contribution in [0.1, 0.15) is 26.0 Å². The summed E-state index contributed by atoms with van der Waals surface area (Å²) in [5.74, 6) is 1.81. The number of nitrogens with one attached hydrogen (secondary N) is 1. The highest BCUT2D eigenvalue weighted by Gasteiger charge is 2.22. The Morgan fingerprint density at radius 2 is 2.29 bits per heavy atom. The molecule has 1 unspecified atom stereocenters. The third kappa shape index (κ3) is 3.00. The summed E-state index contributed by atoms with van der Waals surface area (Å²) >= 11 is 0. The number of aryl methyl sites for hydroxylation is 1. The third-order valence-corrected chi connectivity index (χ3v) is 3.50. The number of hydrogen-bond acceptors (Lipinski definition) is 3. The van der Waals surface area contributed by atoms with Crippen LogP contribution >= 0.6 is 0 Å². The molecule has 96 valence electrons. The monoisotopic (exact) mass is 236 g/mol. The average molecular weight is 236 g/mol. The smallest absolute Gasteiger partial charge is 0.203 e. The van der Waals surface area contributed by atoms with E-state index in [1.165, 1.54) is 26.1 Å². The van der Waals surface area contributed by atoms with Crippen molar-refractivity contribution in [3.8, 4) is 0 Å². The number of nitrogens with zero attached hydrogens (tertiary/aromatic N) is 3. The number of imidazole rings is 1. The van der Waals surface area contributed by atoms with Gasteiger partial charge in [-0.3, -0.25) is 0 Å². The van der Waals surface area contributed by atoms with Gasteiger partial charge < -0.3 is 14.8 Å². The summed E-state index contributed by atoms with van der Waals surface area (Å²) in [6.45, 7) is 12.1. The van der Waals surface area contributed by atoms with E-state index in [2.05, 4.69) is 46.7 Å². The van der Waals surface area contributed by atoms with Crippen LogP contribution in [0.3, 0.4) is 0 Å². The second-order valence-electron chi connectivity index (χ2n) is 4.94. The topological polar surface area (TPSA) is 33.1 Å². The lowest BCUT2D eigenvalue weighted by Gasteiger charge is -2.15. The van der Waals surface area contributed by atoms with E-state index in [1.807, 2.05) is 0 Å². The maximum atomic E-state index is 4.52. The van der Waals surface area contributed by atoms with Gasteiger partial charge in [-0.1, -0.05) is 6.92 Å². The van der Waals surface area contributed by atoms with E-state index < -0.39 is 0 Å². The Bertz CT molecular complexity index is 358. The Morgan fingerprint density at radius 3 is 2.94 bits per heavy atom. The molecule has 4 heteroatoms. The van der Waals surface area contributed by atoms with Crippen LogP contribution in [0.25, 0.3) is 0 Å². The molecule has 2 rings (SSSR count). The molecule has 17 heavy (non-hydrogen) atoms. The number of hydrogen-bond donors (Lipinski definition) is 1. The Kier molecular flexibility index (Phi) is 4.05. The first-order valence-electron chi connectivity index (χ1n) is 6.73. The predicted octanol–water partition coefficient (Wildman–Crippen LogP) is 1.97. The van der Waals surface area contributed by atoms with Crippen LogP contribution in [0, 0.1) is 12.8 Å². The molecule has 1 aliphatic heterocycles. The molecule has 0 spiro atoms. The largest absolute Gasteiger partial charge is 0.356 e. The molecule has 1 aliphatic rings. The highest BCUT2D eigenvalue weighted by Crippen LogP contribution is 2.20. The van der Waals surface area contributed by atoms with Crippen molar-refractivity contribution in [3.63, 3.8) is 0 Å². The van der Waals surface area contributed by atoms with Crippen LogP contribution in [0.4, 0.5) is 5.95 Å². The number of rotatable bonds is 5. The molecule has 2 heterocycles. The van der Waals surface area contributed by atoms with Gasteiger partial charge in [-0.25, -0.2) is 4.98 Å². The van der Waals surface area contributed by atoms with E-state index in [4.69, 9.17) is 0 Å². The standard InChI is InChI=1S/C13H24N4/c1-4-14-13-15-11(3)8-17(13)10-12-6-7-16(5-2)9-12/h8,12H,4-7,9-10H2,1-3H3,(H,14,15). The van der Waals surface area contributed by atoms with Crippen LogP contribution < -0.4 is 5.32 Å². The molecule has 1 N–H and O–H groups in total. The summed E-state index contributed by atoms with van der Waals surface area (Å²) in [5, 5.41) is 3.33. The molecule has 1 aromatic heterocycles. The van der Waals surface area contributed by atoms with Gasteiger partial charge in [-0.05, 0) is 39.3 Å². The van der Waals surface area contributed by atoms with Gasteiger partial charge in [0.05, 0.1) is 5.69 Å². The molecule has 0 bridgehead atoms. The minimum Gasteiger partial charge on any atom is -0.356 e. The second kappa shape index (κ2) is 5.54. The molecule has 0 aromatic carbocycles. The Labute approximate surface area is 104 Å². The quantitative estimate of drug-likeness (QED) is 0.848. The van der Waals surface area contributed by atoms with Crippen molar-refractivity contribution in [1.29, 1.82) is 0 Å². The summed E-state index contributed by atoms with van der Waals surface area (Å²) in [4.78, 5) is 7.05. The molecule has 1 fully saturated rings. The van der Waals surface area contributed by atoms with Gasteiger partial charge in [0.15, 0.2) is 0 Å². The summed E-state index contributed by atoms with van der Waals surface area (Å²) < 4.78 is 2.28. The van der Waals surface area contributed by atoms with E-state index in [9.17, 15) is 0 Å². The van der Waals surface area contributed by atoms with Gasteiger partial charge in [0.25, 0.3) is 0 Å². The fourth-order valence-corrected chi connectivity index (χ4v) is 2.61. The molecular formula is C13H24N4. The highest BCUT2D eigenvalue weighted by atomic mass is 15.2. The Morgan fingerprint density at radius 1 is 1.47 bits per heavy atom. The second-order valence-corrected chi connectivity index (χ2v) is 4.94. The van der Waals surface area contributed by atoms with Crippen LogP contribution in [0.2, 0.25) is 0 Å². The number of anilines is 1. The first-order valence-corrected chi connectivity index (χ1v) is 6.73. The summed E-state index contributed by atoms with van der Waals surface area (Å²) in [6.07, 6.45) is 3.48. The third-order valence-electron chi connectivity index (χ3n) is 3.50. The van der Waals surface area contributed by atoms with Gasteiger partial charge in [0.1, 0.15) is 0 Å². The van der Waals surface area contributed by atoms with Gasteiger partial charge >= 0.3 is 0 Å². The van der Waals surface area contributed by atoms with Crippen molar-refractivity contribution < 1.29 is 0 Å². The zero-order valence-corrected chi connectivity index (χ0v) is 11.2. The van der Waals surface area contributed by atoms with Crippen molar-refractivity contribution in [2.24, 2.45) is 5.92 Å². The van der Waals surface area contributed by atoms with Crippen LogP contribution in [0.15, 0.2) is 6.20 Å². The zero-order chi connectivity index (χ0) is 12.3. The first-order chi connectivity index (χ1) is 8.22. The van der Waals surface area contributed by atoms with Crippen LogP contribution in [-0.2, 0) is 6.54 Å². The van der Waals surface area contributed by atoms with Crippen molar-refractivity contribution >= 4 is 5.95 Å². The van der Waals surface area contributed by atoms with Gasteiger partial charge in [-0.2, -0.15) is 0 Å². The van der Waals surface area contributed by atoms with E-state index >= 15 is 0 Å². The van der Waals surface area contributed by atoms with Gasteiger partial charge in [0.2, 0.25) is 5.95 Å². The van der Waals surface area contributed by atoms with Crippen LogP contribution in [-0.4, -0.2) is 40.6 Å². The van der Waals surface area contributed by atoms with E-state index in [-0.39, 0.29) is 0 Å². The lowest BCUT2D eigenvalue weighted by molar-refractivity contribution is 0.333. The molecule has 0 saturated carbocycles. The molecule has 4 nitrogen and oxygen atoms in total. The average Bonchev–Trinajstić information content (AvgIpc) is 2.87. The number of aromatic nitrogens is 2. The maximum Gasteiger partial charge on any atom is 0.203 e. The maximum absolute atomic E-state index is 4.52. The number of likely N-dealkylation sites (tertiary alicyclic amines) is 1. The first kappa shape index (κ1) is 12.4. The molecular weight excluding hydrogens is 212 g/mol. The lowest BCUT2D eigenvalue weighted by atomic mass is 10.1. The highest BCUT2D eigenvalue weighted by molar-refractivity contribution is 5.28. The summed E-state index contributed by atoms with van der Waals surface area (Å²) in [5.41, 5.74) is 1.10. The van der Waals surface area contributed by atoms with Crippen molar-refractivity contribution in [1.82, 2.24) is 14.5 Å². The van der Waals surface area contributed by atoms with E-state index in [0.29, 0.717) is 0 Å². The molecule has 1 atom stereocenters. The molecule has 0 radical (unpaired) electrons. The Hall–Kier alpha value is -1.03. The summed E-state index contributed by atoms with van der Waals surface area (Å²) in [7, 11) is 0. The van der Waals surface area contributed by atoms with E-state index in [0.717, 1.165) is 30.6 Å². The fourth-order valence-electron chi connectivity index (χ4n) is 2.61. The van der Waals surface area contributed by atoms with Crippen LogP contribution in [0.5, 0.6) is 0 Å². The van der Waals surface area contributed by atoms with Crippen molar-refractivity contribution in [3.05, 3.63) is 11.9 Å². The fraction of sp³-hybridized carbons (Fsp3) is 0.769. The Balaban J connectivity index is 1.98. The molecule has 0 aliphatic carbocycles. The summed E-state index contributed by atoms with van der Waals surface area (Å²) in [6, 6.07) is 0. The zero-order valence-electron chi connectivity index (χ0n) is 11.2. The molecule has 1 saturated heterocycles. The van der Waals surface area contributed by atoms with Crippen molar-refractivity contribution in [2.45, 2.75) is 33.7 Å². The molecule has 0 amide bonds. The van der Waals surface area contributed by atoms with E-state index in [1.54, 1.807) is 0 Å². The SMILES string of the molecule is CCNc1nc(C)cn1CC1CCN(CC)C1. The lowest BCUT2D eigenvalue weighted by Crippen LogP contribution is -2.21.